The van der Waals surface area contributed by atoms with Crippen LogP contribution in [0.2, 0.25) is 0 Å². The Morgan fingerprint density at radius 3 is 2.63 bits per heavy atom. The molecule has 0 aliphatic heterocycles. The summed E-state index contributed by atoms with van der Waals surface area (Å²) in [4.78, 5) is 21.7. The van der Waals surface area contributed by atoms with Crippen molar-refractivity contribution in [3.63, 3.8) is 0 Å². The fourth-order valence-corrected chi connectivity index (χ4v) is 1.20. The number of hydrogen-bond donors (Lipinski definition) is 1. The lowest BCUT2D eigenvalue weighted by molar-refractivity contribution is -0.104. The quantitative estimate of drug-likeness (QED) is 0.375. The fourth-order valence-electron chi connectivity index (χ4n) is 1.20. The lowest BCUT2D eigenvalue weighted by atomic mass is 10.1. The normalized spacial score (nSPS) is 14.1. The van der Waals surface area contributed by atoms with Crippen LogP contribution in [0.5, 0.6) is 0 Å². The largest absolute Gasteiger partial charge is 0.457 e. The summed E-state index contributed by atoms with van der Waals surface area (Å²) in [6.07, 6.45) is 5.58. The van der Waals surface area contributed by atoms with E-state index in [0.717, 1.165) is 0 Å². The van der Waals surface area contributed by atoms with Crippen molar-refractivity contribution in [2.75, 3.05) is 6.61 Å². The number of hydrogen-bond acceptors (Lipinski definition) is 4. The molecule has 1 aromatic carbocycles. The molecular weight excluding hydrogens is 251 g/mol. The molecule has 1 aromatic rings. The fraction of sp³-hybridized carbons (Fsp3) is 0.143. The van der Waals surface area contributed by atoms with Crippen molar-refractivity contribution in [2.45, 2.75) is 5.60 Å². The van der Waals surface area contributed by atoms with Gasteiger partial charge in [-0.15, -0.1) is 6.42 Å². The van der Waals surface area contributed by atoms with Crippen LogP contribution < -0.4 is 0 Å². The number of benzene rings is 1. The molecule has 1 rings (SSSR count). The SMILES string of the molecule is C#C[C@@](O)(COC(=O)c1ccccc1)/C(F)=C\C=O. The monoisotopic (exact) mass is 262 g/mol. The Kier molecular flexibility index (Phi) is 4.98. The van der Waals surface area contributed by atoms with Crippen molar-refractivity contribution >= 4 is 12.3 Å². The highest BCUT2D eigenvalue weighted by atomic mass is 19.1. The van der Waals surface area contributed by atoms with Crippen LogP contribution >= 0.6 is 0 Å². The second-order valence-corrected chi connectivity index (χ2v) is 3.60. The molecule has 1 N–H and O–H groups in total. The van der Waals surface area contributed by atoms with E-state index in [1.54, 1.807) is 24.1 Å². The molecule has 0 fully saturated rings. The van der Waals surface area contributed by atoms with Gasteiger partial charge in [-0.05, 0) is 12.1 Å². The predicted molar refractivity (Wildman–Crippen MR) is 65.8 cm³/mol. The zero-order valence-electron chi connectivity index (χ0n) is 9.88. The second-order valence-electron chi connectivity index (χ2n) is 3.60. The molecule has 5 heteroatoms. The summed E-state index contributed by atoms with van der Waals surface area (Å²) in [6, 6.07) is 7.94. The van der Waals surface area contributed by atoms with Crippen LogP contribution in [0.25, 0.3) is 0 Å². The summed E-state index contributed by atoms with van der Waals surface area (Å²) in [6.45, 7) is -0.784. The molecule has 1 atom stereocenters. The average Bonchev–Trinajstić information content (AvgIpc) is 2.45. The van der Waals surface area contributed by atoms with Crippen LogP contribution in [-0.4, -0.2) is 29.6 Å². The number of carbonyl (C=O) groups excluding carboxylic acids is 2. The number of carbonyl (C=O) groups is 2. The Bertz CT molecular complexity index is 530. The Balaban J connectivity index is 2.75. The first kappa shape index (κ1) is 14.6. The summed E-state index contributed by atoms with van der Waals surface area (Å²) < 4.78 is 18.1. The molecule has 98 valence electrons. The van der Waals surface area contributed by atoms with Gasteiger partial charge in [-0.25, -0.2) is 9.18 Å². The van der Waals surface area contributed by atoms with Gasteiger partial charge in [0.25, 0.3) is 0 Å². The van der Waals surface area contributed by atoms with E-state index >= 15 is 0 Å². The maximum Gasteiger partial charge on any atom is 0.338 e. The lowest BCUT2D eigenvalue weighted by Gasteiger charge is -2.19. The molecule has 0 aromatic heterocycles. The standard InChI is InChI=1S/C14H11FO4/c1-2-14(18,12(15)8-9-16)10-19-13(17)11-6-4-3-5-7-11/h1,3-9,18H,10H2/b12-8+/t14-/m1/s1. The van der Waals surface area contributed by atoms with Gasteiger partial charge in [-0.1, -0.05) is 24.1 Å². The number of halogens is 1. The maximum absolute atomic E-state index is 13.4. The average molecular weight is 262 g/mol. The van der Waals surface area contributed by atoms with E-state index in [4.69, 9.17) is 11.2 Å². The van der Waals surface area contributed by atoms with Crippen LogP contribution in [0, 0.1) is 12.3 Å². The van der Waals surface area contributed by atoms with E-state index in [1.165, 1.54) is 12.1 Å². The van der Waals surface area contributed by atoms with E-state index < -0.39 is 24.0 Å². The van der Waals surface area contributed by atoms with Crippen LogP contribution in [0.4, 0.5) is 4.39 Å². The topological polar surface area (TPSA) is 63.6 Å². The Morgan fingerprint density at radius 2 is 2.11 bits per heavy atom. The van der Waals surface area contributed by atoms with Gasteiger partial charge in [0.15, 0.2) is 5.83 Å². The second kappa shape index (κ2) is 6.47. The van der Waals surface area contributed by atoms with E-state index in [0.29, 0.717) is 6.08 Å². The number of esters is 1. The molecule has 0 saturated carbocycles. The van der Waals surface area contributed by atoms with Gasteiger partial charge in [0.1, 0.15) is 12.9 Å². The molecule has 0 bridgehead atoms. The third kappa shape index (κ3) is 3.76. The lowest BCUT2D eigenvalue weighted by Crippen LogP contribution is -2.35. The summed E-state index contributed by atoms with van der Waals surface area (Å²) in [7, 11) is 0. The van der Waals surface area contributed by atoms with Gasteiger partial charge in [0.2, 0.25) is 5.60 Å². The van der Waals surface area contributed by atoms with E-state index in [9.17, 15) is 19.1 Å². The number of rotatable bonds is 5. The first-order valence-electron chi connectivity index (χ1n) is 5.27. The zero-order valence-corrected chi connectivity index (χ0v) is 9.88. The molecule has 0 amide bonds. The molecule has 0 saturated heterocycles. The molecule has 0 aliphatic carbocycles. The molecule has 0 spiro atoms. The first-order valence-corrected chi connectivity index (χ1v) is 5.27. The van der Waals surface area contributed by atoms with E-state index in [-0.39, 0.29) is 11.8 Å². The predicted octanol–water partition coefficient (Wildman–Crippen LogP) is 1.26. The Hall–Kier alpha value is -2.45. The van der Waals surface area contributed by atoms with Gasteiger partial charge >= 0.3 is 5.97 Å². The van der Waals surface area contributed by atoms with Crippen molar-refractivity contribution in [3.05, 3.63) is 47.8 Å². The molecule has 0 heterocycles. The molecule has 0 aliphatic rings. The number of allylic oxidation sites excluding steroid dienone is 1. The van der Waals surface area contributed by atoms with Crippen molar-refractivity contribution in [2.24, 2.45) is 0 Å². The molecular formula is C14H11FO4. The summed E-state index contributed by atoms with van der Waals surface area (Å²) in [5.74, 6) is -0.269. The van der Waals surface area contributed by atoms with Gasteiger partial charge in [0, 0.05) is 6.08 Å². The van der Waals surface area contributed by atoms with Gasteiger partial charge in [0.05, 0.1) is 5.56 Å². The summed E-state index contributed by atoms with van der Waals surface area (Å²) >= 11 is 0. The molecule has 4 nitrogen and oxygen atoms in total. The summed E-state index contributed by atoms with van der Waals surface area (Å²) in [5.41, 5.74) is -2.20. The molecule has 19 heavy (non-hydrogen) atoms. The minimum Gasteiger partial charge on any atom is -0.457 e. The highest BCUT2D eigenvalue weighted by molar-refractivity contribution is 5.89. The first-order chi connectivity index (χ1) is 9.03. The van der Waals surface area contributed by atoms with Crippen LogP contribution in [0.15, 0.2) is 42.2 Å². The van der Waals surface area contributed by atoms with Crippen molar-refractivity contribution in [1.82, 2.24) is 0 Å². The zero-order chi connectivity index (χ0) is 14.3. The summed E-state index contributed by atoms with van der Waals surface area (Å²) in [5, 5.41) is 9.70. The molecule has 0 unspecified atom stereocenters. The number of aldehydes is 1. The minimum absolute atomic E-state index is 0.136. The van der Waals surface area contributed by atoms with Crippen LogP contribution in [0.1, 0.15) is 10.4 Å². The van der Waals surface area contributed by atoms with Crippen molar-refractivity contribution in [1.29, 1.82) is 0 Å². The highest BCUT2D eigenvalue weighted by Crippen LogP contribution is 2.18. The van der Waals surface area contributed by atoms with Crippen LogP contribution in [0.3, 0.4) is 0 Å². The maximum atomic E-state index is 13.4. The van der Waals surface area contributed by atoms with Gasteiger partial charge in [-0.2, -0.15) is 0 Å². The number of aliphatic hydroxyl groups is 1. The van der Waals surface area contributed by atoms with E-state index in [1.807, 2.05) is 0 Å². The van der Waals surface area contributed by atoms with Crippen LogP contribution in [-0.2, 0) is 9.53 Å². The van der Waals surface area contributed by atoms with Crippen molar-refractivity contribution < 1.29 is 23.8 Å². The number of ether oxygens (including phenoxy) is 1. The highest BCUT2D eigenvalue weighted by Gasteiger charge is 2.32. The number of terminal acetylenes is 1. The minimum atomic E-state index is -2.44. The van der Waals surface area contributed by atoms with Gasteiger partial charge < -0.3 is 9.84 Å². The van der Waals surface area contributed by atoms with Gasteiger partial charge in [-0.3, -0.25) is 4.79 Å². The Labute approximate surface area is 109 Å². The third-order valence-electron chi connectivity index (χ3n) is 2.27. The van der Waals surface area contributed by atoms with Crippen molar-refractivity contribution in [3.8, 4) is 12.3 Å². The smallest absolute Gasteiger partial charge is 0.338 e. The molecule has 0 radical (unpaired) electrons. The third-order valence-corrected chi connectivity index (χ3v) is 2.27. The Morgan fingerprint density at radius 1 is 1.47 bits per heavy atom. The van der Waals surface area contributed by atoms with E-state index in [2.05, 4.69) is 0 Å².